The van der Waals surface area contributed by atoms with Gasteiger partial charge in [0.15, 0.2) is 0 Å². The number of anilines is 3. The van der Waals surface area contributed by atoms with Crippen LogP contribution in [-0.2, 0) is 30.7 Å². The topological polar surface area (TPSA) is 182 Å². The molecular weight excluding hydrogens is 1560 g/mol. The van der Waals surface area contributed by atoms with E-state index in [0.717, 1.165) is 171 Å². The van der Waals surface area contributed by atoms with Crippen molar-refractivity contribution in [2.45, 2.75) is 87.9 Å². The van der Waals surface area contributed by atoms with Crippen molar-refractivity contribution in [1.82, 2.24) is 57.2 Å². The molecule has 4 unspecified atom stereocenters. The van der Waals surface area contributed by atoms with Crippen molar-refractivity contribution in [3.8, 4) is 45.0 Å². The fourth-order valence-electron chi connectivity index (χ4n) is 19.8. The van der Waals surface area contributed by atoms with Gasteiger partial charge in [-0.3, -0.25) is 0 Å². The summed E-state index contributed by atoms with van der Waals surface area (Å²) in [5, 5.41) is 21.5. The third-order valence-corrected chi connectivity index (χ3v) is 25.4. The summed E-state index contributed by atoms with van der Waals surface area (Å²) in [7, 11) is 6.27. The number of hydrogen-bond donors (Lipinski definition) is 3. The number of imidazole rings is 4. The van der Waals surface area contributed by atoms with E-state index in [-0.39, 0.29) is 47.4 Å². The number of carboxylic acid groups (broad SMARTS) is 2. The molecule has 15 heterocycles. The largest absolute Gasteiger partial charge is 0.490 e. The number of carbonyl (C=O) groups is 2. The van der Waals surface area contributed by atoms with Gasteiger partial charge in [0, 0.05) is 173 Å². The number of alkyl halides is 6. The van der Waals surface area contributed by atoms with Gasteiger partial charge in [-0.15, -0.1) is 0 Å². The molecule has 0 aliphatic carbocycles. The van der Waals surface area contributed by atoms with Gasteiger partial charge in [-0.25, -0.2) is 47.1 Å². The molecule has 0 bridgehead atoms. The van der Waals surface area contributed by atoms with Crippen LogP contribution in [0.25, 0.3) is 77.7 Å². The van der Waals surface area contributed by atoms with Gasteiger partial charge in [-0.1, -0.05) is 66.7 Å². The molecule has 0 amide bonds. The number of nitrogens with zero attached hydrogens (tertiary/aromatic N) is 14. The molecule has 4 atom stereocenters. The minimum Gasteiger partial charge on any atom is -0.475 e. The molecule has 3 N–H and O–H groups in total. The van der Waals surface area contributed by atoms with Crippen LogP contribution in [0, 0.1) is 46.9 Å². The van der Waals surface area contributed by atoms with Crippen LogP contribution in [0.4, 0.5) is 61.0 Å². The van der Waals surface area contributed by atoms with E-state index in [9.17, 15) is 43.9 Å². The van der Waals surface area contributed by atoms with Crippen LogP contribution in [0.5, 0.6) is 0 Å². The van der Waals surface area contributed by atoms with Crippen molar-refractivity contribution >= 4 is 61.7 Å². The lowest BCUT2D eigenvalue weighted by Gasteiger charge is -2.37. The molecule has 8 aliphatic rings. The zero-order valence-electron chi connectivity index (χ0n) is 65.9. The molecular formula is C91H87F10N15O4. The third-order valence-electron chi connectivity index (χ3n) is 25.4. The van der Waals surface area contributed by atoms with Crippen molar-refractivity contribution in [3.05, 3.63) is 260 Å². The maximum atomic E-state index is 14.8. The molecule has 0 radical (unpaired) electrons. The number of rotatable bonds is 7. The van der Waals surface area contributed by atoms with Crippen LogP contribution in [0.2, 0.25) is 0 Å². The maximum absolute atomic E-state index is 14.8. The van der Waals surface area contributed by atoms with Crippen LogP contribution >= 0.6 is 0 Å². The van der Waals surface area contributed by atoms with Gasteiger partial charge in [-0.05, 0) is 167 Å². The molecule has 0 spiro atoms. The quantitative estimate of drug-likeness (QED) is 0.129. The highest BCUT2D eigenvalue weighted by atomic mass is 19.4. The predicted molar refractivity (Wildman–Crippen MR) is 440 cm³/mol. The Labute approximate surface area is 684 Å². The van der Waals surface area contributed by atoms with Crippen molar-refractivity contribution in [2.75, 3.05) is 67.1 Å². The van der Waals surface area contributed by atoms with E-state index in [1.54, 1.807) is 48.5 Å². The summed E-state index contributed by atoms with van der Waals surface area (Å²) in [6, 6.07) is 48.1. The van der Waals surface area contributed by atoms with Crippen molar-refractivity contribution in [1.29, 1.82) is 0 Å². The Morgan fingerprint density at radius 2 is 0.583 bits per heavy atom. The van der Waals surface area contributed by atoms with Crippen LogP contribution in [0.3, 0.4) is 0 Å². The molecule has 0 saturated carbocycles. The second kappa shape index (κ2) is 32.7. The summed E-state index contributed by atoms with van der Waals surface area (Å²) in [5.74, 6) is -4.14. The zero-order valence-corrected chi connectivity index (χ0v) is 65.9. The van der Waals surface area contributed by atoms with Gasteiger partial charge in [0.2, 0.25) is 0 Å². The van der Waals surface area contributed by atoms with E-state index >= 15 is 0 Å². The highest BCUT2D eigenvalue weighted by Gasteiger charge is 2.44. The first-order valence-electron chi connectivity index (χ1n) is 40.3. The monoisotopic (exact) mass is 1640 g/mol. The van der Waals surface area contributed by atoms with Crippen molar-refractivity contribution in [2.24, 2.45) is 44.8 Å². The highest BCUT2D eigenvalue weighted by Crippen LogP contribution is 2.52. The van der Waals surface area contributed by atoms with Gasteiger partial charge in [0.05, 0.1) is 97.0 Å². The molecule has 7 aromatic heterocycles. The second-order valence-electron chi connectivity index (χ2n) is 31.9. The van der Waals surface area contributed by atoms with Crippen molar-refractivity contribution in [3.63, 3.8) is 0 Å². The number of fused-ring (bicyclic) bond motifs is 15. The lowest BCUT2D eigenvalue weighted by atomic mass is 9.85. The first kappa shape index (κ1) is 80.0. The van der Waals surface area contributed by atoms with Crippen LogP contribution < -0.4 is 20.0 Å². The average molecular weight is 1640 g/mol. The normalized spacial score (nSPS) is 18.6. The third kappa shape index (κ3) is 14.9. The minimum atomic E-state index is -5.08. The Balaban J connectivity index is 0.000000109. The number of aromatic nitrogens is 11. The molecule has 620 valence electrons. The van der Waals surface area contributed by atoms with Gasteiger partial charge >= 0.3 is 24.3 Å². The predicted octanol–water partition coefficient (Wildman–Crippen LogP) is 18.9. The Morgan fingerprint density at radius 3 is 0.825 bits per heavy atom. The van der Waals surface area contributed by atoms with Gasteiger partial charge < -0.3 is 62.2 Å². The molecule has 14 aromatic rings. The number of carboxylic acids is 2. The number of piperidine rings is 4. The Morgan fingerprint density at radius 1 is 0.350 bits per heavy atom. The molecule has 22 rings (SSSR count). The molecule has 29 heteroatoms. The molecule has 8 aliphatic heterocycles. The van der Waals surface area contributed by atoms with Crippen LogP contribution in [0.15, 0.2) is 214 Å². The summed E-state index contributed by atoms with van der Waals surface area (Å²) in [6.45, 7) is 7.98. The molecule has 19 nitrogen and oxygen atoms in total. The van der Waals surface area contributed by atoms with E-state index in [4.69, 9.17) is 19.8 Å². The summed E-state index contributed by atoms with van der Waals surface area (Å²) in [4.78, 5) is 42.5. The second-order valence-corrected chi connectivity index (χ2v) is 31.9. The first-order valence-corrected chi connectivity index (χ1v) is 40.3. The van der Waals surface area contributed by atoms with Gasteiger partial charge in [0.25, 0.3) is 0 Å². The Bertz CT molecular complexity index is 5620. The number of nitrogens with one attached hydrogen (secondary N) is 1. The molecule has 4 saturated heterocycles. The standard InChI is InChI=1S/3C24H23FN4.C15H16FN3.2C2HF3O2/c3*1-27-11-10-17-20(27)6-3-7-21(17)28-12-8-16(9-13-28)24-23-18(4-2-5-19(23)25)22-14-26-15-29(22)24;16-12-3-1-2-11-13-8-18-9-19(13)15(14(11)12)10-4-6-17-7-5-10;2*3-2(4,5)1(6)7/h3*2-7,10-11,14-16,24H,8-9,12-13H2,1H3;1-3,8-10,15,17H,4-7H2;2*(H,6,7). The highest BCUT2D eigenvalue weighted by molar-refractivity contribution is 5.95. The van der Waals surface area contributed by atoms with Crippen LogP contribution in [-0.4, -0.2) is 139 Å². The lowest BCUT2D eigenvalue weighted by Crippen LogP contribution is -2.36. The first-order chi connectivity index (χ1) is 57.9. The number of benzene rings is 7. The molecule has 7 aromatic carbocycles. The lowest BCUT2D eigenvalue weighted by molar-refractivity contribution is -0.193. The summed E-state index contributed by atoms with van der Waals surface area (Å²) in [5.41, 5.74) is 19.4. The average Bonchev–Trinajstić information content (AvgIpc) is 1.60. The Hall–Kier alpha value is -12.4. The summed E-state index contributed by atoms with van der Waals surface area (Å²) >= 11 is 0. The molecule has 120 heavy (non-hydrogen) atoms. The van der Waals surface area contributed by atoms with E-state index in [2.05, 4.69) is 184 Å². The maximum Gasteiger partial charge on any atom is 0.490 e. The van der Waals surface area contributed by atoms with Gasteiger partial charge in [-0.2, -0.15) is 26.3 Å². The number of hydrogen-bond acceptors (Lipinski definition) is 10. The van der Waals surface area contributed by atoms with Crippen LogP contribution in [0.1, 0.15) is 97.8 Å². The smallest absolute Gasteiger partial charge is 0.475 e. The fourth-order valence-corrected chi connectivity index (χ4v) is 19.8. The summed E-state index contributed by atoms with van der Waals surface area (Å²) < 4.78 is 137. The number of halogens is 10. The Kier molecular flexibility index (Phi) is 21.8. The zero-order chi connectivity index (χ0) is 83.6. The fraction of sp³-hybridized carbons (Fsp3) is 0.319. The molecule has 4 fully saturated rings. The number of aliphatic carboxylic acids is 2. The van der Waals surface area contributed by atoms with E-state index in [1.165, 1.54) is 49.8 Å². The van der Waals surface area contributed by atoms with Gasteiger partial charge in [0.1, 0.15) is 23.3 Å². The minimum absolute atomic E-state index is 0.0540. The van der Waals surface area contributed by atoms with Crippen molar-refractivity contribution < 1.29 is 63.7 Å². The summed E-state index contributed by atoms with van der Waals surface area (Å²) in [6.07, 6.45) is 19.5. The van der Waals surface area contributed by atoms with E-state index < -0.39 is 24.3 Å². The van der Waals surface area contributed by atoms with E-state index in [1.807, 2.05) is 74.4 Å². The SMILES string of the molecule is Cn1ccc2c(N3CCC(C4c5c(F)cccc5-c5cncn54)CC3)cccc21.Cn1ccc2c(N3CCC(C4c5c(F)cccc5-c5cncn54)CC3)cccc21.Cn1ccc2c(N3CCC(C4c5c(F)cccc5-c5cncn54)CC3)cccc21.Fc1cccc2c1C(C1CCNCC1)n1cncc1-2.O=C(O)C(F)(F)F.O=C(O)C(F)(F)F. The van der Waals surface area contributed by atoms with E-state index in [0.29, 0.717) is 23.7 Å². The number of aryl methyl sites for hydroxylation is 3.